The zero-order chi connectivity index (χ0) is 22.4. The number of para-hydroxylation sites is 1. The van der Waals surface area contributed by atoms with Gasteiger partial charge < -0.3 is 14.8 Å². The third-order valence-electron chi connectivity index (χ3n) is 4.06. The maximum absolute atomic E-state index is 13.6. The first-order chi connectivity index (χ1) is 14.8. The Morgan fingerprint density at radius 1 is 1.06 bits per heavy atom. The Morgan fingerprint density at radius 3 is 2.42 bits per heavy atom. The summed E-state index contributed by atoms with van der Waals surface area (Å²) in [4.78, 5) is 11.9. The Kier molecular flexibility index (Phi) is 6.98. The molecule has 0 fully saturated rings. The van der Waals surface area contributed by atoms with Crippen molar-refractivity contribution in [3.8, 4) is 11.5 Å². The van der Waals surface area contributed by atoms with Gasteiger partial charge in [0.1, 0.15) is 17.3 Å². The Hall–Kier alpha value is -3.30. The smallest absolute Gasteiger partial charge is 0.262 e. The summed E-state index contributed by atoms with van der Waals surface area (Å²) in [5, 5.41) is 2.37. The van der Waals surface area contributed by atoms with E-state index < -0.39 is 28.4 Å². The van der Waals surface area contributed by atoms with Gasteiger partial charge in [-0.2, -0.15) is 0 Å². The number of benzene rings is 3. The molecule has 0 aromatic heterocycles. The van der Waals surface area contributed by atoms with Gasteiger partial charge in [-0.05, 0) is 54.6 Å². The zero-order valence-electron chi connectivity index (χ0n) is 16.3. The molecule has 3 aromatic carbocycles. The first kappa shape index (κ1) is 22.4. The Bertz CT molecular complexity index is 1190. The molecule has 162 valence electrons. The number of carbonyl (C=O) groups is 1. The Morgan fingerprint density at radius 2 is 1.77 bits per heavy atom. The van der Waals surface area contributed by atoms with Crippen LogP contribution in [0.2, 0.25) is 5.02 Å². The second-order valence-corrected chi connectivity index (χ2v) is 8.33. The number of rotatable bonds is 8. The molecule has 31 heavy (non-hydrogen) atoms. The van der Waals surface area contributed by atoms with Crippen LogP contribution in [0.1, 0.15) is 0 Å². The van der Waals surface area contributed by atoms with E-state index in [4.69, 9.17) is 21.1 Å². The van der Waals surface area contributed by atoms with Gasteiger partial charge in [0, 0.05) is 5.69 Å². The highest BCUT2D eigenvalue weighted by Gasteiger charge is 2.17. The number of hydrogen-bond donors (Lipinski definition) is 2. The molecule has 0 heterocycles. The van der Waals surface area contributed by atoms with Crippen molar-refractivity contribution in [2.24, 2.45) is 0 Å². The van der Waals surface area contributed by atoms with Gasteiger partial charge in [0.15, 0.2) is 6.61 Å². The molecule has 3 aromatic rings. The third kappa shape index (κ3) is 5.87. The van der Waals surface area contributed by atoms with Gasteiger partial charge in [-0.25, -0.2) is 12.8 Å². The predicted molar refractivity (Wildman–Crippen MR) is 116 cm³/mol. The maximum Gasteiger partial charge on any atom is 0.262 e. The van der Waals surface area contributed by atoms with Gasteiger partial charge in [-0.1, -0.05) is 23.7 Å². The fourth-order valence-corrected chi connectivity index (χ4v) is 3.92. The topological polar surface area (TPSA) is 93.7 Å². The van der Waals surface area contributed by atoms with E-state index in [-0.39, 0.29) is 21.4 Å². The van der Waals surface area contributed by atoms with Crippen LogP contribution < -0.4 is 19.5 Å². The third-order valence-corrected chi connectivity index (χ3v) is 5.74. The Labute approximate surface area is 183 Å². The molecular weight excluding hydrogens is 447 g/mol. The molecule has 0 bridgehead atoms. The van der Waals surface area contributed by atoms with E-state index in [1.54, 1.807) is 30.3 Å². The number of amides is 1. The van der Waals surface area contributed by atoms with E-state index in [9.17, 15) is 17.6 Å². The molecule has 0 radical (unpaired) electrons. The fourth-order valence-electron chi connectivity index (χ4n) is 2.53. The van der Waals surface area contributed by atoms with E-state index in [2.05, 4.69) is 10.0 Å². The molecule has 0 aliphatic heterocycles. The standard InChI is InChI=1S/C21H18ClFN2O5S/c1-29-15-8-6-14(7-9-15)25-31(27,28)16-10-11-20(17(22)12-16)30-13-21(26)24-19-5-3-2-4-18(19)23/h2-12,25H,13H2,1H3,(H,24,26). The van der Waals surface area contributed by atoms with Gasteiger partial charge in [0.05, 0.1) is 22.7 Å². The van der Waals surface area contributed by atoms with Crippen molar-refractivity contribution in [2.45, 2.75) is 4.90 Å². The molecular formula is C21H18ClFN2O5S. The second kappa shape index (κ2) is 9.67. The number of carbonyl (C=O) groups excluding carboxylic acids is 1. The fraction of sp³-hybridized carbons (Fsp3) is 0.0952. The summed E-state index contributed by atoms with van der Waals surface area (Å²) in [6, 6.07) is 15.9. The number of ether oxygens (including phenoxy) is 2. The van der Waals surface area contributed by atoms with Crippen LogP contribution in [-0.4, -0.2) is 28.0 Å². The van der Waals surface area contributed by atoms with Crippen LogP contribution in [-0.2, 0) is 14.8 Å². The molecule has 0 aliphatic carbocycles. The molecule has 0 saturated carbocycles. The summed E-state index contributed by atoms with van der Waals surface area (Å²) in [7, 11) is -2.39. The summed E-state index contributed by atoms with van der Waals surface area (Å²) in [5.41, 5.74) is 0.371. The minimum absolute atomic E-state index is 0.00343. The van der Waals surface area contributed by atoms with Crippen LogP contribution in [0.5, 0.6) is 11.5 Å². The van der Waals surface area contributed by atoms with E-state index in [0.29, 0.717) is 11.4 Å². The lowest BCUT2D eigenvalue weighted by Gasteiger charge is -2.12. The van der Waals surface area contributed by atoms with Gasteiger partial charge in [0.25, 0.3) is 15.9 Å². The largest absolute Gasteiger partial charge is 0.497 e. The summed E-state index contributed by atoms with van der Waals surface area (Å²) < 4.78 is 51.5. The average Bonchev–Trinajstić information content (AvgIpc) is 2.75. The maximum atomic E-state index is 13.6. The van der Waals surface area contributed by atoms with Crippen LogP contribution in [0.15, 0.2) is 71.6 Å². The minimum atomic E-state index is -3.90. The van der Waals surface area contributed by atoms with E-state index in [1.807, 2.05) is 0 Å². The molecule has 1 amide bonds. The molecule has 0 spiro atoms. The highest BCUT2D eigenvalue weighted by atomic mass is 35.5. The van der Waals surface area contributed by atoms with Crippen LogP contribution in [0.25, 0.3) is 0 Å². The molecule has 3 rings (SSSR count). The monoisotopic (exact) mass is 464 g/mol. The van der Waals surface area contributed by atoms with Crippen LogP contribution in [0.3, 0.4) is 0 Å². The van der Waals surface area contributed by atoms with Gasteiger partial charge in [-0.3, -0.25) is 9.52 Å². The summed E-state index contributed by atoms with van der Waals surface area (Å²) >= 11 is 6.12. The summed E-state index contributed by atoms with van der Waals surface area (Å²) in [6.45, 7) is -0.440. The lowest BCUT2D eigenvalue weighted by molar-refractivity contribution is -0.118. The molecule has 7 nitrogen and oxygen atoms in total. The number of anilines is 2. The van der Waals surface area contributed by atoms with Crippen molar-refractivity contribution in [3.63, 3.8) is 0 Å². The van der Waals surface area contributed by atoms with E-state index in [1.165, 1.54) is 43.5 Å². The van der Waals surface area contributed by atoms with E-state index in [0.717, 1.165) is 0 Å². The van der Waals surface area contributed by atoms with Crippen molar-refractivity contribution in [1.29, 1.82) is 0 Å². The number of sulfonamides is 1. The predicted octanol–water partition coefficient (Wildman–Crippen LogP) is 4.31. The van der Waals surface area contributed by atoms with Crippen LogP contribution in [0.4, 0.5) is 15.8 Å². The zero-order valence-corrected chi connectivity index (χ0v) is 17.8. The Balaban J connectivity index is 1.64. The summed E-state index contributed by atoms with van der Waals surface area (Å²) in [5.74, 6) is -0.480. The lowest BCUT2D eigenvalue weighted by atomic mass is 10.3. The van der Waals surface area contributed by atoms with Gasteiger partial charge in [0.2, 0.25) is 0 Å². The van der Waals surface area contributed by atoms with Crippen molar-refractivity contribution < 1.29 is 27.1 Å². The van der Waals surface area contributed by atoms with E-state index >= 15 is 0 Å². The first-order valence-electron chi connectivity index (χ1n) is 8.92. The normalized spacial score (nSPS) is 10.9. The average molecular weight is 465 g/mol. The van der Waals surface area contributed by atoms with Crippen molar-refractivity contribution in [1.82, 2.24) is 0 Å². The van der Waals surface area contributed by atoms with Crippen molar-refractivity contribution >= 4 is 38.9 Å². The SMILES string of the molecule is COc1ccc(NS(=O)(=O)c2ccc(OCC(=O)Nc3ccccc3F)c(Cl)c2)cc1. The van der Waals surface area contributed by atoms with Crippen molar-refractivity contribution in [2.75, 3.05) is 23.8 Å². The molecule has 0 saturated heterocycles. The second-order valence-electron chi connectivity index (χ2n) is 6.24. The minimum Gasteiger partial charge on any atom is -0.497 e. The molecule has 0 aliphatic rings. The molecule has 2 N–H and O–H groups in total. The number of hydrogen-bond acceptors (Lipinski definition) is 5. The van der Waals surface area contributed by atoms with Crippen molar-refractivity contribution in [3.05, 3.63) is 77.6 Å². The molecule has 0 atom stereocenters. The summed E-state index contributed by atoms with van der Waals surface area (Å²) in [6.07, 6.45) is 0. The van der Waals surface area contributed by atoms with Crippen LogP contribution >= 0.6 is 11.6 Å². The number of nitrogens with one attached hydrogen (secondary N) is 2. The first-order valence-corrected chi connectivity index (χ1v) is 10.8. The lowest BCUT2D eigenvalue weighted by Crippen LogP contribution is -2.21. The number of methoxy groups -OCH3 is 1. The van der Waals surface area contributed by atoms with Gasteiger partial charge >= 0.3 is 0 Å². The van der Waals surface area contributed by atoms with Gasteiger partial charge in [-0.15, -0.1) is 0 Å². The molecule has 0 unspecified atom stereocenters. The quantitative estimate of drug-likeness (QED) is 0.518. The highest BCUT2D eigenvalue weighted by Crippen LogP contribution is 2.28. The molecule has 10 heteroatoms. The van der Waals surface area contributed by atoms with Crippen LogP contribution in [0, 0.1) is 5.82 Å². The number of halogens is 2. The highest BCUT2D eigenvalue weighted by molar-refractivity contribution is 7.92.